The Morgan fingerprint density at radius 1 is 1.05 bits per heavy atom. The van der Waals surface area contributed by atoms with Crippen LogP contribution in [0.2, 0.25) is 0 Å². The molecule has 1 saturated heterocycles. The Hall–Kier alpha value is -4.57. The number of carbonyl (C=O) groups is 3. The van der Waals surface area contributed by atoms with Gasteiger partial charge in [-0.2, -0.15) is 0 Å². The Morgan fingerprint density at radius 3 is 2.56 bits per heavy atom. The van der Waals surface area contributed by atoms with Crippen LogP contribution in [0.15, 0.2) is 77.3 Å². The van der Waals surface area contributed by atoms with Crippen LogP contribution in [-0.4, -0.2) is 31.7 Å². The van der Waals surface area contributed by atoms with E-state index >= 15 is 0 Å². The summed E-state index contributed by atoms with van der Waals surface area (Å²) in [5, 5.41) is 2.23. The normalized spacial score (nSPS) is 15.4. The molecule has 3 aromatic carbocycles. The summed E-state index contributed by atoms with van der Waals surface area (Å²) in [6.07, 6.45) is 3.58. The number of benzene rings is 3. The van der Waals surface area contributed by atoms with Crippen molar-refractivity contribution in [2.24, 2.45) is 0 Å². The van der Waals surface area contributed by atoms with E-state index in [9.17, 15) is 14.4 Å². The zero-order valence-corrected chi connectivity index (χ0v) is 22.4. The van der Waals surface area contributed by atoms with E-state index in [2.05, 4.69) is 27.8 Å². The van der Waals surface area contributed by atoms with E-state index < -0.39 is 17.8 Å². The van der Waals surface area contributed by atoms with Gasteiger partial charge < -0.3 is 18.9 Å². The Labute approximate surface area is 232 Å². The van der Waals surface area contributed by atoms with Crippen molar-refractivity contribution in [2.75, 3.05) is 18.8 Å². The quantitative estimate of drug-likeness (QED) is 0.219. The maximum absolute atomic E-state index is 13.4. The maximum atomic E-state index is 13.4. The number of halogens is 1. The first-order valence-electron chi connectivity index (χ1n) is 11.9. The number of hydrogen-bond acceptors (Lipinski definition) is 7. The summed E-state index contributed by atoms with van der Waals surface area (Å²) in [6.45, 7) is 4.18. The molecule has 9 nitrogen and oxygen atoms in total. The largest absolute Gasteiger partial charge is 0.493 e. The lowest BCUT2D eigenvalue weighted by Crippen LogP contribution is -2.54. The van der Waals surface area contributed by atoms with Crippen LogP contribution in [0.5, 0.6) is 23.0 Å². The predicted molar refractivity (Wildman–Crippen MR) is 147 cm³/mol. The fourth-order valence-electron chi connectivity index (χ4n) is 4.21. The van der Waals surface area contributed by atoms with Gasteiger partial charge in [0.1, 0.15) is 12.2 Å². The molecule has 0 radical (unpaired) electrons. The number of imide groups is 2. The van der Waals surface area contributed by atoms with Gasteiger partial charge in [-0.15, -0.1) is 6.58 Å². The van der Waals surface area contributed by atoms with E-state index in [1.54, 1.807) is 30.3 Å². The summed E-state index contributed by atoms with van der Waals surface area (Å²) < 4.78 is 23.3. The number of allylic oxidation sites excluding steroid dienone is 1. The lowest BCUT2D eigenvalue weighted by Gasteiger charge is -2.26. The van der Waals surface area contributed by atoms with Crippen molar-refractivity contribution in [1.29, 1.82) is 0 Å². The second kappa shape index (κ2) is 11.0. The minimum atomic E-state index is -0.859. The van der Waals surface area contributed by atoms with Crippen LogP contribution in [-0.2, 0) is 22.6 Å². The maximum Gasteiger partial charge on any atom is 0.335 e. The highest BCUT2D eigenvalue weighted by molar-refractivity contribution is 9.10. The molecular formula is C29H23BrN2O7. The summed E-state index contributed by atoms with van der Waals surface area (Å²) >= 11 is 3.42. The van der Waals surface area contributed by atoms with Crippen LogP contribution in [0, 0.1) is 0 Å². The third-order valence-corrected chi connectivity index (χ3v) is 6.59. The molecule has 2 aliphatic rings. The minimum absolute atomic E-state index is 0.0419. The fourth-order valence-corrected chi connectivity index (χ4v) is 4.47. The van der Waals surface area contributed by atoms with Crippen molar-refractivity contribution >= 4 is 45.5 Å². The summed E-state index contributed by atoms with van der Waals surface area (Å²) in [7, 11) is 1.51. The second-order valence-corrected chi connectivity index (χ2v) is 9.53. The van der Waals surface area contributed by atoms with E-state index in [1.165, 1.54) is 19.3 Å². The molecule has 0 aromatic heterocycles. The van der Waals surface area contributed by atoms with Crippen molar-refractivity contribution in [1.82, 2.24) is 5.32 Å². The highest BCUT2D eigenvalue weighted by Crippen LogP contribution is 2.37. The topological polar surface area (TPSA) is 103 Å². The zero-order chi connectivity index (χ0) is 27.5. The van der Waals surface area contributed by atoms with E-state index in [0.717, 1.165) is 20.5 Å². The number of hydrogen-bond donors (Lipinski definition) is 1. The van der Waals surface area contributed by atoms with Crippen molar-refractivity contribution in [2.45, 2.75) is 13.0 Å². The first-order valence-corrected chi connectivity index (χ1v) is 12.7. The third kappa shape index (κ3) is 5.37. The van der Waals surface area contributed by atoms with Gasteiger partial charge in [0.25, 0.3) is 11.8 Å². The number of nitrogens with zero attached hydrogens (tertiary/aromatic N) is 1. The number of fused-ring (bicyclic) bond motifs is 1. The molecule has 1 N–H and O–H groups in total. The lowest BCUT2D eigenvalue weighted by atomic mass is 10.0. The van der Waals surface area contributed by atoms with Gasteiger partial charge in [-0.25, -0.2) is 9.69 Å². The van der Waals surface area contributed by atoms with Gasteiger partial charge in [0, 0.05) is 16.1 Å². The number of anilines is 1. The number of amides is 4. The molecule has 3 aromatic rings. The molecule has 0 saturated carbocycles. The number of nitrogens with one attached hydrogen (secondary N) is 1. The average molecular weight is 591 g/mol. The monoisotopic (exact) mass is 590 g/mol. The van der Waals surface area contributed by atoms with Gasteiger partial charge in [0.2, 0.25) is 6.79 Å². The molecule has 198 valence electrons. The van der Waals surface area contributed by atoms with Crippen LogP contribution in [0.25, 0.3) is 6.08 Å². The molecule has 0 aliphatic carbocycles. The SMILES string of the molecule is C=CCc1cc(/C=C2\C(=O)NC(=O)N(c3ccc4c(c3)OCO4)C2=O)cc(OC)c1OCc1ccc(Br)cc1. The molecule has 39 heavy (non-hydrogen) atoms. The number of carbonyl (C=O) groups excluding carboxylic acids is 3. The molecule has 0 bridgehead atoms. The number of urea groups is 1. The van der Waals surface area contributed by atoms with Gasteiger partial charge in [-0.1, -0.05) is 34.1 Å². The van der Waals surface area contributed by atoms with Gasteiger partial charge in [0.15, 0.2) is 23.0 Å². The van der Waals surface area contributed by atoms with E-state index in [0.29, 0.717) is 41.6 Å². The Bertz CT molecular complexity index is 1510. The van der Waals surface area contributed by atoms with Gasteiger partial charge in [-0.3, -0.25) is 14.9 Å². The Balaban J connectivity index is 1.47. The summed E-state index contributed by atoms with van der Waals surface area (Å²) in [5.74, 6) is 0.266. The predicted octanol–water partition coefficient (Wildman–Crippen LogP) is 5.16. The van der Waals surface area contributed by atoms with Crippen molar-refractivity contribution in [3.8, 4) is 23.0 Å². The summed E-state index contributed by atoms with van der Waals surface area (Å²) in [6, 6.07) is 15.0. The zero-order valence-electron chi connectivity index (χ0n) is 20.9. The molecule has 5 rings (SSSR count). The fraction of sp³-hybridized carbons (Fsp3) is 0.138. The van der Waals surface area contributed by atoms with Gasteiger partial charge in [0.05, 0.1) is 12.8 Å². The number of methoxy groups -OCH3 is 1. The number of rotatable bonds is 8. The minimum Gasteiger partial charge on any atom is -0.493 e. The van der Waals surface area contributed by atoms with E-state index in [1.807, 2.05) is 24.3 Å². The number of ether oxygens (including phenoxy) is 4. The highest BCUT2D eigenvalue weighted by atomic mass is 79.9. The van der Waals surface area contributed by atoms with E-state index in [-0.39, 0.29) is 18.1 Å². The lowest BCUT2D eigenvalue weighted by molar-refractivity contribution is -0.122. The second-order valence-electron chi connectivity index (χ2n) is 8.61. The average Bonchev–Trinajstić information content (AvgIpc) is 3.39. The molecule has 2 heterocycles. The molecule has 1 fully saturated rings. The van der Waals surface area contributed by atoms with Crippen LogP contribution in [0.4, 0.5) is 10.5 Å². The van der Waals surface area contributed by atoms with Gasteiger partial charge in [-0.05, 0) is 60.0 Å². The van der Waals surface area contributed by atoms with Gasteiger partial charge >= 0.3 is 6.03 Å². The van der Waals surface area contributed by atoms with Crippen molar-refractivity contribution < 1.29 is 33.3 Å². The Morgan fingerprint density at radius 2 is 1.82 bits per heavy atom. The third-order valence-electron chi connectivity index (χ3n) is 6.06. The Kier molecular flexibility index (Phi) is 7.38. The van der Waals surface area contributed by atoms with Crippen molar-refractivity contribution in [3.63, 3.8) is 0 Å². The van der Waals surface area contributed by atoms with E-state index in [4.69, 9.17) is 18.9 Å². The molecule has 4 amide bonds. The van der Waals surface area contributed by atoms with Crippen molar-refractivity contribution in [3.05, 3.63) is 94.0 Å². The highest BCUT2D eigenvalue weighted by Gasteiger charge is 2.37. The molecular weight excluding hydrogens is 568 g/mol. The molecule has 2 aliphatic heterocycles. The van der Waals surface area contributed by atoms with Crippen LogP contribution in [0.3, 0.4) is 0 Å². The number of barbiturate groups is 1. The van der Waals surface area contributed by atoms with Crippen LogP contribution in [0.1, 0.15) is 16.7 Å². The molecule has 0 spiro atoms. The molecule has 0 atom stereocenters. The van der Waals surface area contributed by atoms with Crippen LogP contribution < -0.4 is 29.2 Å². The molecule has 10 heteroatoms. The summed E-state index contributed by atoms with van der Waals surface area (Å²) in [4.78, 5) is 39.6. The standard InChI is InChI=1S/C29H23BrN2O7/c1-3-4-19-11-18(13-25(36-2)26(19)37-15-17-5-7-20(30)8-6-17)12-22-27(33)31-29(35)32(28(22)34)21-9-10-23-24(14-21)39-16-38-23/h3,5-14H,1,4,15-16H2,2H3,(H,31,33,35)/b22-12+. The first kappa shape index (κ1) is 26.1. The molecule has 0 unspecified atom stereocenters. The summed E-state index contributed by atoms with van der Waals surface area (Å²) in [5.41, 5.74) is 2.25. The van der Waals surface area contributed by atoms with Crippen LogP contribution >= 0.6 is 15.9 Å². The first-order chi connectivity index (χ1) is 18.9. The smallest absolute Gasteiger partial charge is 0.335 e.